The van der Waals surface area contributed by atoms with Gasteiger partial charge in [0.25, 0.3) is 11.8 Å². The average Bonchev–Trinajstić information content (AvgIpc) is 2.96. The number of hydrogen-bond acceptors (Lipinski definition) is 5. The molecule has 1 heterocycles. The molecule has 7 nitrogen and oxygen atoms in total. The zero-order chi connectivity index (χ0) is 20.0. The maximum absolute atomic E-state index is 12.4. The van der Waals surface area contributed by atoms with Gasteiger partial charge in [-0.1, -0.05) is 25.1 Å². The van der Waals surface area contributed by atoms with E-state index in [1.807, 2.05) is 38.1 Å². The predicted octanol–water partition coefficient (Wildman–Crippen LogP) is 2.76. The van der Waals surface area contributed by atoms with Crippen LogP contribution in [0.5, 0.6) is 0 Å². The van der Waals surface area contributed by atoms with Gasteiger partial charge in [0.05, 0.1) is 0 Å². The molecule has 1 aliphatic heterocycles. The Morgan fingerprint density at radius 3 is 2.33 bits per heavy atom. The number of carbonyl (C=O) groups excluding carboxylic acids is 4. The molecule has 0 N–H and O–H groups in total. The topological polar surface area (TPSA) is 84.0 Å². The molecule has 0 aliphatic carbocycles. The molecule has 27 heavy (non-hydrogen) atoms. The van der Waals surface area contributed by atoms with Gasteiger partial charge in [0.15, 0.2) is 0 Å². The molecule has 1 aromatic rings. The molecule has 0 bridgehead atoms. The maximum Gasteiger partial charge on any atom is 0.333 e. The van der Waals surface area contributed by atoms with E-state index in [9.17, 15) is 19.2 Å². The van der Waals surface area contributed by atoms with Crippen molar-refractivity contribution in [2.45, 2.75) is 52.4 Å². The second-order valence-corrected chi connectivity index (χ2v) is 6.97. The van der Waals surface area contributed by atoms with Crippen molar-refractivity contribution in [1.82, 2.24) is 5.06 Å². The van der Waals surface area contributed by atoms with Crippen LogP contribution in [0.25, 0.3) is 0 Å². The van der Waals surface area contributed by atoms with E-state index in [-0.39, 0.29) is 31.1 Å². The minimum atomic E-state index is -0.603. The number of rotatable bonds is 8. The van der Waals surface area contributed by atoms with E-state index in [1.54, 1.807) is 11.9 Å². The molecular formula is C20H26N2O5. The number of hydroxylamine groups is 2. The first-order chi connectivity index (χ1) is 12.8. The summed E-state index contributed by atoms with van der Waals surface area (Å²) in [6.07, 6.45) is 1.81. The summed E-state index contributed by atoms with van der Waals surface area (Å²) in [4.78, 5) is 53.6. The summed E-state index contributed by atoms with van der Waals surface area (Å²) in [6.45, 7) is 3.92. The zero-order valence-electron chi connectivity index (χ0n) is 16.1. The fraction of sp³-hybridized carbons (Fsp3) is 0.500. The van der Waals surface area contributed by atoms with Gasteiger partial charge in [0.2, 0.25) is 5.91 Å². The molecule has 1 aromatic carbocycles. The Balaban J connectivity index is 1.72. The van der Waals surface area contributed by atoms with E-state index in [0.717, 1.165) is 11.3 Å². The van der Waals surface area contributed by atoms with Crippen molar-refractivity contribution >= 4 is 29.4 Å². The van der Waals surface area contributed by atoms with E-state index >= 15 is 0 Å². The van der Waals surface area contributed by atoms with E-state index < -0.39 is 17.8 Å². The quantitative estimate of drug-likeness (QED) is 0.653. The Bertz CT molecular complexity index is 715. The van der Waals surface area contributed by atoms with Crippen LogP contribution in [0.1, 0.15) is 51.0 Å². The van der Waals surface area contributed by atoms with Crippen molar-refractivity contribution in [1.29, 1.82) is 0 Å². The molecule has 1 fully saturated rings. The fourth-order valence-corrected chi connectivity index (χ4v) is 2.93. The number of imide groups is 1. The third kappa shape index (κ3) is 5.64. The second kappa shape index (κ2) is 9.30. The summed E-state index contributed by atoms with van der Waals surface area (Å²) in [6, 6.07) is 7.70. The van der Waals surface area contributed by atoms with Crippen LogP contribution in [0.2, 0.25) is 0 Å². The Morgan fingerprint density at radius 2 is 1.70 bits per heavy atom. The van der Waals surface area contributed by atoms with Crippen molar-refractivity contribution in [3.8, 4) is 0 Å². The molecule has 146 valence electrons. The third-order valence-corrected chi connectivity index (χ3v) is 4.74. The van der Waals surface area contributed by atoms with Gasteiger partial charge in [-0.3, -0.25) is 14.4 Å². The molecule has 2 rings (SSSR count). The Morgan fingerprint density at radius 1 is 1.11 bits per heavy atom. The smallest absolute Gasteiger partial charge is 0.330 e. The lowest BCUT2D eigenvalue weighted by Gasteiger charge is -2.20. The van der Waals surface area contributed by atoms with Gasteiger partial charge in [0.1, 0.15) is 0 Å². The van der Waals surface area contributed by atoms with Crippen LogP contribution in [0, 0.1) is 12.8 Å². The molecule has 1 unspecified atom stereocenters. The molecule has 7 heteroatoms. The first kappa shape index (κ1) is 20.6. The highest BCUT2D eigenvalue weighted by Crippen LogP contribution is 2.21. The minimum Gasteiger partial charge on any atom is -0.330 e. The van der Waals surface area contributed by atoms with Crippen LogP contribution in [-0.2, 0) is 24.0 Å². The second-order valence-electron chi connectivity index (χ2n) is 6.97. The van der Waals surface area contributed by atoms with Gasteiger partial charge in [0, 0.05) is 38.4 Å². The number of nitrogens with zero attached hydrogens (tertiary/aromatic N) is 2. The molecule has 0 spiro atoms. The molecule has 3 amide bonds. The minimum absolute atomic E-state index is 0.0204. The summed E-state index contributed by atoms with van der Waals surface area (Å²) in [5.41, 5.74) is 1.92. The average molecular weight is 374 g/mol. The van der Waals surface area contributed by atoms with Gasteiger partial charge in [-0.25, -0.2) is 4.79 Å². The van der Waals surface area contributed by atoms with E-state index in [1.165, 1.54) is 0 Å². The first-order valence-electron chi connectivity index (χ1n) is 9.18. The van der Waals surface area contributed by atoms with Crippen molar-refractivity contribution in [3.63, 3.8) is 0 Å². The van der Waals surface area contributed by atoms with Gasteiger partial charge in [-0.05, 0) is 37.3 Å². The zero-order valence-corrected chi connectivity index (χ0v) is 16.1. The fourth-order valence-electron chi connectivity index (χ4n) is 2.93. The van der Waals surface area contributed by atoms with Crippen LogP contribution in [0.3, 0.4) is 0 Å². The van der Waals surface area contributed by atoms with Crippen molar-refractivity contribution in [2.75, 3.05) is 11.9 Å². The van der Waals surface area contributed by atoms with Crippen molar-refractivity contribution in [3.05, 3.63) is 29.8 Å². The molecule has 0 aromatic heterocycles. The summed E-state index contributed by atoms with van der Waals surface area (Å²) in [5.74, 6) is -1.41. The first-order valence-corrected chi connectivity index (χ1v) is 9.18. The molecule has 1 atom stereocenters. The summed E-state index contributed by atoms with van der Waals surface area (Å²) in [7, 11) is 1.76. The van der Waals surface area contributed by atoms with Gasteiger partial charge in [-0.15, -0.1) is 5.06 Å². The molecule has 1 aliphatic rings. The number of benzene rings is 1. The van der Waals surface area contributed by atoms with E-state index in [2.05, 4.69) is 0 Å². The number of carbonyl (C=O) groups is 4. The van der Waals surface area contributed by atoms with Crippen LogP contribution in [0.15, 0.2) is 24.3 Å². The Labute approximate surface area is 159 Å². The van der Waals surface area contributed by atoms with E-state index in [4.69, 9.17) is 4.84 Å². The van der Waals surface area contributed by atoms with Gasteiger partial charge < -0.3 is 9.74 Å². The molecule has 0 radical (unpaired) electrons. The predicted molar refractivity (Wildman–Crippen MR) is 99.4 cm³/mol. The highest BCUT2D eigenvalue weighted by molar-refractivity contribution is 6.01. The number of aryl methyl sites for hydroxylation is 1. The SMILES string of the molecule is Cc1ccccc1N(C)C(=O)CCC(C)CCC(=O)ON1C(=O)CCC1=O. The molecular weight excluding hydrogens is 348 g/mol. The summed E-state index contributed by atoms with van der Waals surface area (Å²) in [5, 5.41) is 0.563. The standard InChI is InChI=1S/C20H26N2O5/c1-14(9-13-20(26)27-22-18(24)11-12-19(22)25)8-10-17(23)21(3)16-7-5-4-6-15(16)2/h4-7,14H,8-13H2,1-3H3. The largest absolute Gasteiger partial charge is 0.333 e. The highest BCUT2D eigenvalue weighted by atomic mass is 16.7. The number of amides is 3. The van der Waals surface area contributed by atoms with Crippen molar-refractivity contribution < 1.29 is 24.0 Å². The van der Waals surface area contributed by atoms with Crippen LogP contribution in [0.4, 0.5) is 5.69 Å². The maximum atomic E-state index is 12.4. The van der Waals surface area contributed by atoms with Crippen LogP contribution in [-0.4, -0.2) is 35.8 Å². The summed E-state index contributed by atoms with van der Waals surface area (Å²) < 4.78 is 0. The number of hydrogen-bond donors (Lipinski definition) is 0. The number of para-hydroxylation sites is 1. The lowest BCUT2D eigenvalue weighted by Crippen LogP contribution is -2.32. The van der Waals surface area contributed by atoms with E-state index in [0.29, 0.717) is 24.3 Å². The van der Waals surface area contributed by atoms with Crippen LogP contribution < -0.4 is 4.90 Å². The van der Waals surface area contributed by atoms with Crippen molar-refractivity contribution in [2.24, 2.45) is 5.92 Å². The van der Waals surface area contributed by atoms with Crippen LogP contribution >= 0.6 is 0 Å². The molecule has 1 saturated heterocycles. The van der Waals surface area contributed by atoms with Gasteiger partial charge >= 0.3 is 5.97 Å². The summed E-state index contributed by atoms with van der Waals surface area (Å²) >= 11 is 0. The number of anilines is 1. The normalized spacial score (nSPS) is 15.0. The molecule has 0 saturated carbocycles. The lowest BCUT2D eigenvalue weighted by atomic mass is 9.99. The Kier molecular flexibility index (Phi) is 7.10. The lowest BCUT2D eigenvalue weighted by molar-refractivity contribution is -0.197. The Hall–Kier alpha value is -2.70. The third-order valence-electron chi connectivity index (χ3n) is 4.74. The monoisotopic (exact) mass is 374 g/mol. The van der Waals surface area contributed by atoms with Gasteiger partial charge in [-0.2, -0.15) is 0 Å². The highest BCUT2D eigenvalue weighted by Gasteiger charge is 2.32.